The molecular formula is C12H20N2O5. The Morgan fingerprint density at radius 1 is 1.32 bits per heavy atom. The predicted molar refractivity (Wildman–Crippen MR) is 68.0 cm³/mol. The number of hydrogen-bond donors (Lipinski definition) is 1. The normalized spacial score (nSPS) is 10.7. The van der Waals surface area contributed by atoms with E-state index in [1.165, 1.54) is 6.07 Å². The molecule has 1 rings (SSSR count). The zero-order valence-corrected chi connectivity index (χ0v) is 11.5. The van der Waals surface area contributed by atoms with E-state index in [1.54, 1.807) is 6.92 Å². The van der Waals surface area contributed by atoms with Crippen LogP contribution in [0.5, 0.6) is 0 Å². The average Bonchev–Trinajstić information content (AvgIpc) is 2.86. The van der Waals surface area contributed by atoms with Crippen LogP contribution in [0.25, 0.3) is 0 Å². The molecule has 0 saturated carbocycles. The molecule has 0 fully saturated rings. The van der Waals surface area contributed by atoms with Crippen LogP contribution in [-0.4, -0.2) is 43.8 Å². The molecule has 1 heterocycles. The third-order valence-corrected chi connectivity index (χ3v) is 2.14. The zero-order chi connectivity index (χ0) is 14.1. The SMILES string of the molecule is CCOC(=O)c1cc(NCC(OCC)OCC)on1. The van der Waals surface area contributed by atoms with Crippen molar-refractivity contribution in [2.75, 3.05) is 31.7 Å². The van der Waals surface area contributed by atoms with Gasteiger partial charge in [0.05, 0.1) is 13.2 Å². The molecule has 7 nitrogen and oxygen atoms in total. The van der Waals surface area contributed by atoms with Gasteiger partial charge in [-0.3, -0.25) is 0 Å². The maximum Gasteiger partial charge on any atom is 0.360 e. The number of hydrogen-bond acceptors (Lipinski definition) is 7. The van der Waals surface area contributed by atoms with Crippen molar-refractivity contribution in [2.45, 2.75) is 27.1 Å². The van der Waals surface area contributed by atoms with Crippen molar-refractivity contribution in [3.05, 3.63) is 11.8 Å². The largest absolute Gasteiger partial charge is 0.461 e. The number of esters is 1. The monoisotopic (exact) mass is 272 g/mol. The van der Waals surface area contributed by atoms with Crippen LogP contribution in [0.15, 0.2) is 10.6 Å². The van der Waals surface area contributed by atoms with Gasteiger partial charge in [-0.1, -0.05) is 5.16 Å². The van der Waals surface area contributed by atoms with E-state index in [-0.39, 0.29) is 12.0 Å². The predicted octanol–water partition coefficient (Wildman–Crippen LogP) is 1.66. The highest BCUT2D eigenvalue weighted by Crippen LogP contribution is 2.11. The van der Waals surface area contributed by atoms with Crippen LogP contribution >= 0.6 is 0 Å². The summed E-state index contributed by atoms with van der Waals surface area (Å²) < 4.78 is 20.5. The lowest BCUT2D eigenvalue weighted by atomic mass is 10.4. The summed E-state index contributed by atoms with van der Waals surface area (Å²) in [7, 11) is 0. The molecule has 0 spiro atoms. The van der Waals surface area contributed by atoms with E-state index >= 15 is 0 Å². The van der Waals surface area contributed by atoms with Crippen molar-refractivity contribution in [1.82, 2.24) is 5.16 Å². The van der Waals surface area contributed by atoms with Gasteiger partial charge in [0.1, 0.15) is 0 Å². The molecule has 1 N–H and O–H groups in total. The lowest BCUT2D eigenvalue weighted by Gasteiger charge is -2.16. The molecule has 7 heteroatoms. The highest BCUT2D eigenvalue weighted by atomic mass is 16.7. The summed E-state index contributed by atoms with van der Waals surface area (Å²) in [5.74, 6) is -0.141. The van der Waals surface area contributed by atoms with Gasteiger partial charge in [0.2, 0.25) is 5.88 Å². The third kappa shape index (κ3) is 5.27. The summed E-state index contributed by atoms with van der Waals surface area (Å²) in [6.45, 7) is 7.31. The van der Waals surface area contributed by atoms with Crippen molar-refractivity contribution in [2.24, 2.45) is 0 Å². The fourth-order valence-electron chi connectivity index (χ4n) is 1.38. The molecule has 0 aliphatic carbocycles. The lowest BCUT2D eigenvalue weighted by molar-refractivity contribution is -0.126. The minimum Gasteiger partial charge on any atom is -0.461 e. The van der Waals surface area contributed by atoms with E-state index in [2.05, 4.69) is 10.5 Å². The molecule has 19 heavy (non-hydrogen) atoms. The van der Waals surface area contributed by atoms with E-state index in [9.17, 15) is 4.79 Å². The topological polar surface area (TPSA) is 82.8 Å². The Kier molecular flexibility index (Phi) is 6.91. The zero-order valence-electron chi connectivity index (χ0n) is 11.5. The summed E-state index contributed by atoms with van der Waals surface area (Å²) in [5, 5.41) is 6.56. The number of rotatable bonds is 9. The second-order valence-electron chi connectivity index (χ2n) is 3.52. The Balaban J connectivity index is 2.46. The Labute approximate surface area is 112 Å². The van der Waals surface area contributed by atoms with Crippen LogP contribution in [0.3, 0.4) is 0 Å². The standard InChI is InChI=1S/C12H20N2O5/c1-4-16-11(17-5-2)8-13-10-7-9(14-19-10)12(15)18-6-3/h7,11,13H,4-6,8H2,1-3H3. The lowest BCUT2D eigenvalue weighted by Crippen LogP contribution is -2.26. The Bertz CT molecular complexity index is 374. The Morgan fingerprint density at radius 2 is 2.00 bits per heavy atom. The van der Waals surface area contributed by atoms with Crippen LogP contribution < -0.4 is 5.32 Å². The van der Waals surface area contributed by atoms with E-state index < -0.39 is 5.97 Å². The third-order valence-electron chi connectivity index (χ3n) is 2.14. The summed E-state index contributed by atoms with van der Waals surface area (Å²) in [6, 6.07) is 1.48. The molecule has 0 radical (unpaired) electrons. The molecule has 0 saturated heterocycles. The van der Waals surface area contributed by atoms with Gasteiger partial charge in [-0.15, -0.1) is 0 Å². The molecular weight excluding hydrogens is 252 g/mol. The molecule has 0 amide bonds. The van der Waals surface area contributed by atoms with Crippen molar-refractivity contribution >= 4 is 11.9 Å². The maximum atomic E-state index is 11.4. The summed E-state index contributed by atoms with van der Waals surface area (Å²) in [4.78, 5) is 11.4. The Hall–Kier alpha value is -1.60. The second kappa shape index (κ2) is 8.49. The van der Waals surface area contributed by atoms with Crippen LogP contribution in [0, 0.1) is 0 Å². The van der Waals surface area contributed by atoms with Gasteiger partial charge in [-0.05, 0) is 20.8 Å². The quantitative estimate of drug-likeness (QED) is 0.540. The van der Waals surface area contributed by atoms with Crippen molar-refractivity contribution in [3.63, 3.8) is 0 Å². The number of nitrogens with zero attached hydrogens (tertiary/aromatic N) is 1. The first-order valence-corrected chi connectivity index (χ1v) is 6.32. The fraction of sp³-hybridized carbons (Fsp3) is 0.667. The van der Waals surface area contributed by atoms with Gasteiger partial charge in [0, 0.05) is 19.3 Å². The highest BCUT2D eigenvalue weighted by Gasteiger charge is 2.14. The molecule has 0 atom stereocenters. The van der Waals surface area contributed by atoms with E-state index in [0.717, 1.165) is 0 Å². The number of carbonyl (C=O) groups excluding carboxylic acids is 1. The molecule has 0 aliphatic heterocycles. The smallest absolute Gasteiger partial charge is 0.360 e. The van der Waals surface area contributed by atoms with Gasteiger partial charge in [-0.25, -0.2) is 4.79 Å². The summed E-state index contributed by atoms with van der Waals surface area (Å²) in [5.41, 5.74) is 0.133. The first-order chi connectivity index (χ1) is 9.21. The van der Waals surface area contributed by atoms with Crippen LogP contribution in [-0.2, 0) is 14.2 Å². The van der Waals surface area contributed by atoms with E-state index in [4.69, 9.17) is 18.7 Å². The average molecular weight is 272 g/mol. The van der Waals surface area contributed by atoms with Crippen LogP contribution in [0.4, 0.5) is 5.88 Å². The molecule has 0 unspecified atom stereocenters. The maximum absolute atomic E-state index is 11.4. The first-order valence-electron chi connectivity index (χ1n) is 6.32. The highest BCUT2D eigenvalue weighted by molar-refractivity contribution is 5.87. The summed E-state index contributed by atoms with van der Waals surface area (Å²) in [6.07, 6.45) is -0.369. The number of nitrogens with one attached hydrogen (secondary N) is 1. The minimum absolute atomic E-state index is 0.133. The van der Waals surface area contributed by atoms with Gasteiger partial charge in [-0.2, -0.15) is 0 Å². The minimum atomic E-state index is -0.509. The number of anilines is 1. The molecule has 1 aromatic rings. The fourth-order valence-corrected chi connectivity index (χ4v) is 1.38. The number of carbonyl (C=O) groups is 1. The summed E-state index contributed by atoms with van der Waals surface area (Å²) >= 11 is 0. The second-order valence-corrected chi connectivity index (χ2v) is 3.52. The first kappa shape index (κ1) is 15.5. The molecule has 108 valence electrons. The van der Waals surface area contributed by atoms with Gasteiger partial charge in [0.15, 0.2) is 12.0 Å². The van der Waals surface area contributed by atoms with E-state index in [0.29, 0.717) is 32.2 Å². The molecule has 0 bridgehead atoms. The number of ether oxygens (including phenoxy) is 3. The van der Waals surface area contributed by atoms with E-state index in [1.807, 2.05) is 13.8 Å². The van der Waals surface area contributed by atoms with Crippen LogP contribution in [0.2, 0.25) is 0 Å². The molecule has 1 aromatic heterocycles. The van der Waals surface area contributed by atoms with Crippen LogP contribution in [0.1, 0.15) is 31.3 Å². The van der Waals surface area contributed by atoms with Gasteiger partial charge < -0.3 is 24.1 Å². The molecule has 0 aromatic carbocycles. The Morgan fingerprint density at radius 3 is 2.58 bits per heavy atom. The van der Waals surface area contributed by atoms with Crippen molar-refractivity contribution < 1.29 is 23.5 Å². The van der Waals surface area contributed by atoms with Gasteiger partial charge >= 0.3 is 5.97 Å². The number of aromatic nitrogens is 1. The van der Waals surface area contributed by atoms with Crippen molar-refractivity contribution in [3.8, 4) is 0 Å². The van der Waals surface area contributed by atoms with Gasteiger partial charge in [0.25, 0.3) is 0 Å². The molecule has 0 aliphatic rings. The van der Waals surface area contributed by atoms with Crippen molar-refractivity contribution in [1.29, 1.82) is 0 Å².